The molecule has 0 N–H and O–H groups in total. The van der Waals surface area contributed by atoms with Crippen LogP contribution in [0.3, 0.4) is 0 Å². The van der Waals surface area contributed by atoms with Crippen LogP contribution in [0.2, 0.25) is 0 Å². The van der Waals surface area contributed by atoms with Crippen LogP contribution in [0.4, 0.5) is 5.69 Å². The van der Waals surface area contributed by atoms with Gasteiger partial charge >= 0.3 is 0 Å². The van der Waals surface area contributed by atoms with Crippen molar-refractivity contribution in [3.63, 3.8) is 0 Å². The number of benzene rings is 2. The van der Waals surface area contributed by atoms with Crippen molar-refractivity contribution in [2.75, 3.05) is 21.3 Å². The van der Waals surface area contributed by atoms with Crippen LogP contribution in [0.25, 0.3) is 16.9 Å². The largest absolute Gasteiger partial charge is 0.493 e. The highest BCUT2D eigenvalue weighted by Crippen LogP contribution is 2.41. The minimum atomic E-state index is -0.153. The van der Waals surface area contributed by atoms with E-state index in [1.165, 1.54) is 11.3 Å². The Hall–Kier alpha value is -3.72. The Morgan fingerprint density at radius 3 is 2.19 bits per heavy atom. The maximum absolute atomic E-state index is 13.5. The number of thiazole rings is 1. The van der Waals surface area contributed by atoms with Crippen molar-refractivity contribution >= 4 is 17.0 Å². The zero-order valence-corrected chi connectivity index (χ0v) is 22.5. The molecular weight excluding hydrogens is 476 g/mol. The van der Waals surface area contributed by atoms with E-state index in [2.05, 4.69) is 23.8 Å². The Morgan fingerprint density at radius 2 is 1.64 bits per heavy atom. The zero-order chi connectivity index (χ0) is 26.0. The van der Waals surface area contributed by atoms with Gasteiger partial charge < -0.3 is 18.8 Å². The fourth-order valence-electron chi connectivity index (χ4n) is 4.20. The number of nitrogens with zero attached hydrogens (tertiary/aromatic N) is 4. The van der Waals surface area contributed by atoms with Crippen molar-refractivity contribution in [1.29, 1.82) is 0 Å². The van der Waals surface area contributed by atoms with E-state index in [9.17, 15) is 4.79 Å². The summed E-state index contributed by atoms with van der Waals surface area (Å²) in [6.07, 6.45) is 0. The number of hydrogen-bond acceptors (Lipinski definition) is 6. The second kappa shape index (κ2) is 10.5. The van der Waals surface area contributed by atoms with Gasteiger partial charge in [0, 0.05) is 24.5 Å². The van der Waals surface area contributed by atoms with Crippen LogP contribution in [0.15, 0.2) is 57.6 Å². The van der Waals surface area contributed by atoms with Crippen molar-refractivity contribution in [1.82, 2.24) is 13.9 Å². The monoisotopic (exact) mass is 508 g/mol. The molecule has 0 amide bonds. The summed E-state index contributed by atoms with van der Waals surface area (Å²) in [6.45, 7) is 6.96. The number of methoxy groups -OCH3 is 3. The van der Waals surface area contributed by atoms with Gasteiger partial charge in [0.1, 0.15) is 0 Å². The number of hydrogen-bond donors (Lipinski definition) is 0. The Bertz CT molecular complexity index is 1470. The summed E-state index contributed by atoms with van der Waals surface area (Å²) < 4.78 is 22.3. The second-order valence-electron chi connectivity index (χ2n) is 8.84. The molecule has 0 radical (unpaired) electrons. The predicted molar refractivity (Wildman–Crippen MR) is 143 cm³/mol. The summed E-state index contributed by atoms with van der Waals surface area (Å²) in [7, 11) is 6.67. The molecule has 0 aliphatic heterocycles. The highest BCUT2D eigenvalue weighted by Gasteiger charge is 2.19. The molecule has 0 unspecified atom stereocenters. The smallest absolute Gasteiger partial charge is 0.297 e. The van der Waals surface area contributed by atoms with Gasteiger partial charge in [-0.15, -0.1) is 11.3 Å². The molecule has 190 valence electrons. The third-order valence-corrected chi connectivity index (χ3v) is 6.90. The first-order valence-electron chi connectivity index (χ1n) is 11.7. The maximum Gasteiger partial charge on any atom is 0.297 e. The van der Waals surface area contributed by atoms with Crippen LogP contribution in [-0.2, 0) is 13.6 Å². The molecule has 0 aliphatic rings. The van der Waals surface area contributed by atoms with Gasteiger partial charge in [0.2, 0.25) is 5.75 Å². The van der Waals surface area contributed by atoms with Crippen molar-refractivity contribution < 1.29 is 14.2 Å². The highest BCUT2D eigenvalue weighted by atomic mass is 32.1. The fourth-order valence-corrected chi connectivity index (χ4v) is 5.12. The summed E-state index contributed by atoms with van der Waals surface area (Å²) in [5.74, 6) is 2.06. The highest BCUT2D eigenvalue weighted by molar-refractivity contribution is 7.07. The van der Waals surface area contributed by atoms with E-state index >= 15 is 0 Å². The summed E-state index contributed by atoms with van der Waals surface area (Å²) in [4.78, 5) is 19.1. The molecule has 0 fully saturated rings. The summed E-state index contributed by atoms with van der Waals surface area (Å²) in [5.41, 5.74) is 3.74. The lowest BCUT2D eigenvalue weighted by Gasteiger charge is -2.16. The van der Waals surface area contributed by atoms with E-state index < -0.39 is 0 Å². The number of ether oxygens (including phenoxy) is 3. The lowest BCUT2D eigenvalue weighted by molar-refractivity contribution is 0.324. The van der Waals surface area contributed by atoms with E-state index in [-0.39, 0.29) is 5.56 Å². The van der Waals surface area contributed by atoms with E-state index in [1.807, 2.05) is 61.1 Å². The first kappa shape index (κ1) is 25.4. The third kappa shape index (κ3) is 4.58. The van der Waals surface area contributed by atoms with E-state index in [0.29, 0.717) is 28.9 Å². The van der Waals surface area contributed by atoms with Crippen LogP contribution in [0, 0.1) is 12.8 Å². The molecule has 2 aromatic carbocycles. The van der Waals surface area contributed by atoms with E-state index in [0.717, 1.165) is 34.0 Å². The Morgan fingerprint density at radius 1 is 1.00 bits per heavy atom. The first-order valence-corrected chi connectivity index (χ1v) is 12.6. The molecule has 2 aromatic heterocycles. The SMILES string of the molecule is COc1cc(-c2csc(=Nc3c(C)n(C)n(-c4ccccc4)c3=O)n2CC(C)C)cc(OC)c1OC. The van der Waals surface area contributed by atoms with Gasteiger partial charge in [-0.25, -0.2) is 9.67 Å². The van der Waals surface area contributed by atoms with Gasteiger partial charge in [0.05, 0.1) is 38.4 Å². The van der Waals surface area contributed by atoms with Crippen molar-refractivity contribution in [3.05, 3.63) is 68.7 Å². The Labute approximate surface area is 214 Å². The second-order valence-corrected chi connectivity index (χ2v) is 9.68. The molecule has 2 heterocycles. The molecular formula is C27H32N4O4S. The van der Waals surface area contributed by atoms with Crippen LogP contribution >= 0.6 is 11.3 Å². The quantitative estimate of drug-likeness (QED) is 0.338. The van der Waals surface area contributed by atoms with Gasteiger partial charge in [-0.2, -0.15) is 0 Å². The molecule has 0 aliphatic carbocycles. The molecule has 8 nitrogen and oxygen atoms in total. The van der Waals surface area contributed by atoms with Gasteiger partial charge in [0.25, 0.3) is 5.56 Å². The average Bonchev–Trinajstić information content (AvgIpc) is 3.36. The van der Waals surface area contributed by atoms with Crippen LogP contribution in [0.5, 0.6) is 17.2 Å². The van der Waals surface area contributed by atoms with Crippen molar-refractivity contribution in [3.8, 4) is 34.2 Å². The van der Waals surface area contributed by atoms with Gasteiger partial charge in [-0.3, -0.25) is 9.48 Å². The Balaban J connectivity index is 1.93. The molecule has 0 spiro atoms. The maximum atomic E-state index is 13.5. The molecule has 4 rings (SSSR count). The summed E-state index contributed by atoms with van der Waals surface area (Å²) in [5, 5.41) is 2.05. The number of aromatic nitrogens is 3. The molecule has 36 heavy (non-hydrogen) atoms. The zero-order valence-electron chi connectivity index (χ0n) is 21.7. The van der Waals surface area contributed by atoms with E-state index in [1.54, 1.807) is 26.0 Å². The summed E-state index contributed by atoms with van der Waals surface area (Å²) in [6, 6.07) is 13.5. The minimum Gasteiger partial charge on any atom is -0.493 e. The molecule has 0 saturated heterocycles. The molecule has 0 bridgehead atoms. The van der Waals surface area contributed by atoms with Crippen LogP contribution in [0.1, 0.15) is 19.5 Å². The first-order chi connectivity index (χ1) is 17.3. The van der Waals surface area contributed by atoms with Gasteiger partial charge in [-0.05, 0) is 37.1 Å². The van der Waals surface area contributed by atoms with Crippen molar-refractivity contribution in [2.24, 2.45) is 18.0 Å². The van der Waals surface area contributed by atoms with Gasteiger partial charge in [0.15, 0.2) is 22.0 Å². The minimum absolute atomic E-state index is 0.153. The molecule has 0 atom stereocenters. The van der Waals surface area contributed by atoms with Crippen LogP contribution < -0.4 is 24.6 Å². The average molecular weight is 509 g/mol. The molecule has 4 aromatic rings. The number of para-hydroxylation sites is 1. The molecule has 0 saturated carbocycles. The standard InChI is InChI=1S/C27H32N4O4S/c1-17(2)15-30-21(19-13-22(33-5)25(35-7)23(14-19)34-6)16-36-27(30)28-24-18(3)29(4)31(26(24)32)20-11-9-8-10-12-20/h8-14,16-17H,15H2,1-7H3. The number of rotatable bonds is 8. The van der Waals surface area contributed by atoms with Gasteiger partial charge in [-0.1, -0.05) is 32.0 Å². The lowest BCUT2D eigenvalue weighted by Crippen LogP contribution is -2.21. The predicted octanol–water partition coefficient (Wildman–Crippen LogP) is 4.93. The van der Waals surface area contributed by atoms with Crippen LogP contribution in [-0.4, -0.2) is 35.3 Å². The van der Waals surface area contributed by atoms with Crippen molar-refractivity contribution in [2.45, 2.75) is 27.3 Å². The third-order valence-electron chi connectivity index (χ3n) is 6.04. The lowest BCUT2D eigenvalue weighted by atomic mass is 10.1. The fraction of sp³-hybridized carbons (Fsp3) is 0.333. The van der Waals surface area contributed by atoms with E-state index in [4.69, 9.17) is 19.2 Å². The normalized spacial score (nSPS) is 11.8. The topological polar surface area (TPSA) is 71.9 Å². The Kier molecular flexibility index (Phi) is 7.40. The molecule has 9 heteroatoms. The summed E-state index contributed by atoms with van der Waals surface area (Å²) >= 11 is 1.50.